The highest BCUT2D eigenvalue weighted by molar-refractivity contribution is 5.79. The molecule has 1 aromatic carbocycles. The van der Waals surface area contributed by atoms with Gasteiger partial charge in [0, 0.05) is 38.5 Å². The number of benzene rings is 1. The number of aliphatic imine (C=N–C) groups is 1. The fourth-order valence-corrected chi connectivity index (χ4v) is 3.77. The monoisotopic (exact) mass is 388 g/mol. The zero-order valence-corrected chi connectivity index (χ0v) is 18.1. The van der Waals surface area contributed by atoms with Gasteiger partial charge in [-0.05, 0) is 62.1 Å². The lowest BCUT2D eigenvalue weighted by Crippen LogP contribution is -2.40. The molecule has 0 bridgehead atoms. The van der Waals surface area contributed by atoms with Crippen molar-refractivity contribution >= 4 is 11.6 Å². The molecule has 5 nitrogen and oxygen atoms in total. The van der Waals surface area contributed by atoms with Crippen LogP contribution >= 0.6 is 0 Å². The molecular weight excluding hydrogens is 348 g/mol. The molecule has 1 fully saturated rings. The SMILES string of the molecule is CCCC(CCO)CNC(=NCc1ccc(N2CCC(C)CC2)cc1)NCC. The van der Waals surface area contributed by atoms with Gasteiger partial charge in [-0.2, -0.15) is 0 Å². The number of aliphatic hydroxyl groups is 1. The molecule has 5 heteroatoms. The van der Waals surface area contributed by atoms with Crippen LogP contribution in [0.3, 0.4) is 0 Å². The van der Waals surface area contributed by atoms with Crippen LogP contribution in [-0.4, -0.2) is 43.9 Å². The summed E-state index contributed by atoms with van der Waals surface area (Å²) < 4.78 is 0. The minimum atomic E-state index is 0.252. The molecule has 0 aliphatic carbocycles. The normalized spacial score (nSPS) is 16.9. The van der Waals surface area contributed by atoms with Crippen molar-refractivity contribution in [2.75, 3.05) is 37.7 Å². The van der Waals surface area contributed by atoms with Crippen molar-refractivity contribution in [2.45, 2.75) is 59.4 Å². The van der Waals surface area contributed by atoms with E-state index in [1.165, 1.54) is 37.2 Å². The summed E-state index contributed by atoms with van der Waals surface area (Å²) >= 11 is 0. The molecule has 0 radical (unpaired) electrons. The molecule has 28 heavy (non-hydrogen) atoms. The van der Waals surface area contributed by atoms with Gasteiger partial charge in [0.25, 0.3) is 0 Å². The van der Waals surface area contributed by atoms with Crippen LogP contribution in [0.4, 0.5) is 5.69 Å². The lowest BCUT2D eigenvalue weighted by atomic mass is 9.99. The van der Waals surface area contributed by atoms with Crippen LogP contribution in [0.15, 0.2) is 29.3 Å². The Kier molecular flexibility index (Phi) is 10.2. The van der Waals surface area contributed by atoms with Gasteiger partial charge in [0.05, 0.1) is 6.54 Å². The van der Waals surface area contributed by atoms with Crippen LogP contribution in [0.1, 0.15) is 58.4 Å². The Hall–Kier alpha value is -1.75. The van der Waals surface area contributed by atoms with E-state index in [0.29, 0.717) is 12.5 Å². The smallest absolute Gasteiger partial charge is 0.191 e. The Labute approximate surface area is 171 Å². The third-order valence-corrected chi connectivity index (χ3v) is 5.64. The maximum Gasteiger partial charge on any atom is 0.191 e. The van der Waals surface area contributed by atoms with E-state index < -0.39 is 0 Å². The molecule has 2 rings (SSSR count). The number of hydrogen-bond acceptors (Lipinski definition) is 3. The van der Waals surface area contributed by atoms with E-state index in [1.807, 2.05) is 0 Å². The van der Waals surface area contributed by atoms with Crippen LogP contribution in [0.25, 0.3) is 0 Å². The van der Waals surface area contributed by atoms with E-state index in [0.717, 1.165) is 44.2 Å². The summed E-state index contributed by atoms with van der Waals surface area (Å²) in [6.07, 6.45) is 5.70. The lowest BCUT2D eigenvalue weighted by molar-refractivity contribution is 0.251. The molecular formula is C23H40N4O. The minimum absolute atomic E-state index is 0.252. The molecule has 1 atom stereocenters. The molecule has 3 N–H and O–H groups in total. The fourth-order valence-electron chi connectivity index (χ4n) is 3.77. The van der Waals surface area contributed by atoms with Gasteiger partial charge in [-0.25, -0.2) is 4.99 Å². The summed E-state index contributed by atoms with van der Waals surface area (Å²) in [5, 5.41) is 16.0. The van der Waals surface area contributed by atoms with Crippen LogP contribution in [0.5, 0.6) is 0 Å². The first-order valence-electron chi connectivity index (χ1n) is 11.1. The number of piperidine rings is 1. The zero-order valence-electron chi connectivity index (χ0n) is 18.1. The molecule has 0 spiro atoms. The molecule has 1 unspecified atom stereocenters. The highest BCUT2D eigenvalue weighted by Gasteiger charge is 2.15. The van der Waals surface area contributed by atoms with Gasteiger partial charge < -0.3 is 20.6 Å². The molecule has 1 aromatic rings. The van der Waals surface area contributed by atoms with E-state index in [4.69, 9.17) is 4.99 Å². The summed E-state index contributed by atoms with van der Waals surface area (Å²) in [7, 11) is 0. The van der Waals surface area contributed by atoms with E-state index in [2.05, 4.69) is 60.6 Å². The van der Waals surface area contributed by atoms with Gasteiger partial charge in [-0.1, -0.05) is 32.4 Å². The first-order chi connectivity index (χ1) is 13.7. The maximum absolute atomic E-state index is 9.24. The quantitative estimate of drug-likeness (QED) is 0.422. The van der Waals surface area contributed by atoms with E-state index in [-0.39, 0.29) is 6.61 Å². The van der Waals surface area contributed by atoms with Crippen LogP contribution < -0.4 is 15.5 Å². The summed E-state index contributed by atoms with van der Waals surface area (Å²) in [4.78, 5) is 7.24. The molecule has 0 saturated carbocycles. The van der Waals surface area contributed by atoms with E-state index in [1.54, 1.807) is 0 Å². The number of guanidine groups is 1. The zero-order chi connectivity index (χ0) is 20.2. The highest BCUT2D eigenvalue weighted by Crippen LogP contribution is 2.23. The number of anilines is 1. The van der Waals surface area contributed by atoms with Gasteiger partial charge >= 0.3 is 0 Å². The molecule has 1 heterocycles. The van der Waals surface area contributed by atoms with Crippen LogP contribution in [-0.2, 0) is 6.54 Å². The first kappa shape index (κ1) is 22.5. The Balaban J connectivity index is 1.88. The average Bonchev–Trinajstić information content (AvgIpc) is 2.71. The van der Waals surface area contributed by atoms with Gasteiger partial charge in [0.2, 0.25) is 0 Å². The molecule has 1 aliphatic rings. The number of aliphatic hydroxyl groups excluding tert-OH is 1. The molecule has 0 aromatic heterocycles. The average molecular weight is 389 g/mol. The molecule has 0 amide bonds. The number of rotatable bonds is 10. The first-order valence-corrected chi connectivity index (χ1v) is 11.1. The molecule has 1 aliphatic heterocycles. The Morgan fingerprint density at radius 3 is 2.46 bits per heavy atom. The largest absolute Gasteiger partial charge is 0.396 e. The second kappa shape index (κ2) is 12.7. The molecule has 158 valence electrons. The third-order valence-electron chi connectivity index (χ3n) is 5.64. The lowest BCUT2D eigenvalue weighted by Gasteiger charge is -2.32. The molecule has 1 saturated heterocycles. The Morgan fingerprint density at radius 2 is 1.86 bits per heavy atom. The Bertz CT molecular complexity index is 558. The minimum Gasteiger partial charge on any atom is -0.396 e. The third kappa shape index (κ3) is 7.70. The van der Waals surface area contributed by atoms with E-state index in [9.17, 15) is 5.11 Å². The second-order valence-corrected chi connectivity index (χ2v) is 8.08. The summed E-state index contributed by atoms with van der Waals surface area (Å²) in [5.74, 6) is 2.21. The van der Waals surface area contributed by atoms with Gasteiger partial charge in [-0.15, -0.1) is 0 Å². The number of nitrogens with one attached hydrogen (secondary N) is 2. The number of nitrogens with zero attached hydrogens (tertiary/aromatic N) is 2. The topological polar surface area (TPSA) is 59.9 Å². The van der Waals surface area contributed by atoms with Crippen molar-refractivity contribution in [2.24, 2.45) is 16.8 Å². The van der Waals surface area contributed by atoms with Crippen molar-refractivity contribution in [3.05, 3.63) is 29.8 Å². The van der Waals surface area contributed by atoms with Gasteiger partial charge in [0.1, 0.15) is 0 Å². The van der Waals surface area contributed by atoms with Crippen molar-refractivity contribution in [3.8, 4) is 0 Å². The van der Waals surface area contributed by atoms with Crippen molar-refractivity contribution in [1.82, 2.24) is 10.6 Å². The standard InChI is InChI=1S/C23H40N4O/c1-4-6-20(13-16-28)17-25-23(24-5-2)26-18-21-7-9-22(10-8-21)27-14-11-19(3)12-15-27/h7-10,19-20,28H,4-6,11-18H2,1-3H3,(H2,24,25,26). The maximum atomic E-state index is 9.24. The van der Waals surface area contributed by atoms with Crippen LogP contribution in [0, 0.1) is 11.8 Å². The number of hydrogen-bond donors (Lipinski definition) is 3. The highest BCUT2D eigenvalue weighted by atomic mass is 16.3. The van der Waals surface area contributed by atoms with E-state index >= 15 is 0 Å². The van der Waals surface area contributed by atoms with Crippen LogP contribution in [0.2, 0.25) is 0 Å². The van der Waals surface area contributed by atoms with Crippen molar-refractivity contribution < 1.29 is 5.11 Å². The predicted molar refractivity (Wildman–Crippen MR) is 120 cm³/mol. The predicted octanol–water partition coefficient (Wildman–Crippen LogP) is 3.78. The van der Waals surface area contributed by atoms with Gasteiger partial charge in [0.15, 0.2) is 5.96 Å². The van der Waals surface area contributed by atoms with Crippen molar-refractivity contribution in [1.29, 1.82) is 0 Å². The fraction of sp³-hybridized carbons (Fsp3) is 0.696. The van der Waals surface area contributed by atoms with Gasteiger partial charge in [-0.3, -0.25) is 0 Å². The van der Waals surface area contributed by atoms with Crippen molar-refractivity contribution in [3.63, 3.8) is 0 Å². The summed E-state index contributed by atoms with van der Waals surface area (Å²) in [6.45, 7) is 11.6. The summed E-state index contributed by atoms with van der Waals surface area (Å²) in [6, 6.07) is 8.87. The summed E-state index contributed by atoms with van der Waals surface area (Å²) in [5.41, 5.74) is 2.56. The second-order valence-electron chi connectivity index (χ2n) is 8.08. The Morgan fingerprint density at radius 1 is 1.14 bits per heavy atom.